The zero-order valence-electron chi connectivity index (χ0n) is 44.7. The van der Waals surface area contributed by atoms with Crippen molar-refractivity contribution in [1.82, 2.24) is 0 Å². The van der Waals surface area contributed by atoms with E-state index in [9.17, 15) is 66.1 Å². The average molecular weight is 1090 g/mol. The first-order valence-electron chi connectivity index (χ1n) is 27.4. The molecule has 0 amide bonds. The van der Waals surface area contributed by atoms with Crippen LogP contribution in [0.3, 0.4) is 0 Å². The van der Waals surface area contributed by atoms with E-state index in [1.54, 1.807) is 0 Å². The van der Waals surface area contributed by atoms with Crippen molar-refractivity contribution in [1.29, 1.82) is 0 Å². The number of ether oxygens (including phenoxy) is 9. The number of esters is 1. The number of carbonyl (C=O) groups excluding carboxylic acids is 2. The SMILES string of the molecule is CC(=O)OC[C@@H]1O[C@H](O[C@H]2C[C@H]3[C@@H]4CC=C5C[C@@H](O[C@@H]6O[C@H](CO)[C@@H](O[C@@H]7O[C@@H](C)[C@H](O)[C@@H](O)[C@H]7O)[C@H](O)[C@H]6O[C@@H]6O[C@@H](C)[C@H](O)[C@@H](O)[C@H]6O)CC[C@]5(C)[C@H]4CC(=O)[C@]3(C)[C@H]2[C@H](C)[C@@H](O)CCC(C)C)[C@@H](O)[C@H](O)[C@H]1O. The van der Waals surface area contributed by atoms with Gasteiger partial charge in [0.1, 0.15) is 97.8 Å². The van der Waals surface area contributed by atoms with E-state index < -0.39 is 183 Å². The van der Waals surface area contributed by atoms with Crippen LogP contribution in [0.1, 0.15) is 107 Å². The third kappa shape index (κ3) is 11.4. The Morgan fingerprint density at radius 3 is 1.83 bits per heavy atom. The molecular formula is C53H86O23. The highest BCUT2D eigenvalue weighted by molar-refractivity contribution is 5.87. The fourth-order valence-corrected chi connectivity index (χ4v) is 14.3. The predicted molar refractivity (Wildman–Crippen MR) is 259 cm³/mol. The molecule has 436 valence electrons. The van der Waals surface area contributed by atoms with Gasteiger partial charge in [0, 0.05) is 24.7 Å². The Bertz CT molecular complexity index is 2010. The summed E-state index contributed by atoms with van der Waals surface area (Å²) in [5, 5.41) is 131. The van der Waals surface area contributed by atoms with Gasteiger partial charge >= 0.3 is 5.97 Å². The number of ketones is 1. The fourth-order valence-electron chi connectivity index (χ4n) is 14.3. The molecule has 8 rings (SSSR count). The molecule has 4 heterocycles. The number of Topliss-reactive ketones (excluding diaryl/α,β-unsaturated/α-hetero) is 1. The van der Waals surface area contributed by atoms with Gasteiger partial charge in [-0.15, -0.1) is 0 Å². The lowest BCUT2D eigenvalue weighted by Crippen LogP contribution is -2.66. The topological polar surface area (TPSA) is 360 Å². The molecule has 0 spiro atoms. The molecule has 12 N–H and O–H groups in total. The minimum atomic E-state index is -1.80. The molecular weight excluding hydrogens is 1000 g/mol. The van der Waals surface area contributed by atoms with Crippen molar-refractivity contribution in [3.8, 4) is 0 Å². The third-order valence-corrected chi connectivity index (χ3v) is 19.0. The molecule has 4 saturated heterocycles. The highest BCUT2D eigenvalue weighted by Gasteiger charge is 2.67. The highest BCUT2D eigenvalue weighted by Crippen LogP contribution is 2.67. The van der Waals surface area contributed by atoms with E-state index in [-0.39, 0.29) is 30.0 Å². The number of rotatable bonds is 16. The summed E-state index contributed by atoms with van der Waals surface area (Å²) in [7, 11) is 0. The van der Waals surface area contributed by atoms with E-state index in [1.165, 1.54) is 20.8 Å². The second kappa shape index (κ2) is 23.9. The Labute approximate surface area is 443 Å². The van der Waals surface area contributed by atoms with Crippen molar-refractivity contribution in [3.63, 3.8) is 0 Å². The van der Waals surface area contributed by atoms with Gasteiger partial charge in [-0.1, -0.05) is 46.3 Å². The first-order chi connectivity index (χ1) is 35.7. The maximum absolute atomic E-state index is 15.2. The maximum atomic E-state index is 15.2. The Morgan fingerprint density at radius 1 is 0.684 bits per heavy atom. The van der Waals surface area contributed by atoms with E-state index in [0.29, 0.717) is 44.4 Å². The fraction of sp³-hybridized carbons (Fsp3) is 0.925. The van der Waals surface area contributed by atoms with Crippen LogP contribution >= 0.6 is 0 Å². The van der Waals surface area contributed by atoms with Crippen molar-refractivity contribution in [2.75, 3.05) is 13.2 Å². The van der Waals surface area contributed by atoms with Crippen LogP contribution in [0.25, 0.3) is 0 Å². The van der Waals surface area contributed by atoms with Crippen LogP contribution in [-0.4, -0.2) is 227 Å². The summed E-state index contributed by atoms with van der Waals surface area (Å²) >= 11 is 0. The summed E-state index contributed by atoms with van der Waals surface area (Å²) in [6.07, 6.45) is -26.8. The first-order valence-corrected chi connectivity index (χ1v) is 27.4. The molecule has 7 fully saturated rings. The molecule has 0 bridgehead atoms. The number of aliphatic hydroxyl groups excluding tert-OH is 12. The molecule has 8 aliphatic rings. The molecule has 76 heavy (non-hydrogen) atoms. The van der Waals surface area contributed by atoms with Gasteiger partial charge in [-0.25, -0.2) is 0 Å². The molecule has 3 saturated carbocycles. The Kier molecular flexibility index (Phi) is 18.9. The molecule has 4 aliphatic heterocycles. The predicted octanol–water partition coefficient (Wildman–Crippen LogP) is -1.57. The van der Waals surface area contributed by atoms with Gasteiger partial charge in [-0.3, -0.25) is 9.59 Å². The van der Waals surface area contributed by atoms with E-state index in [4.69, 9.17) is 42.6 Å². The van der Waals surface area contributed by atoms with Gasteiger partial charge in [0.2, 0.25) is 0 Å². The van der Waals surface area contributed by atoms with Crippen molar-refractivity contribution in [3.05, 3.63) is 11.6 Å². The smallest absolute Gasteiger partial charge is 0.302 e. The summed E-state index contributed by atoms with van der Waals surface area (Å²) in [4.78, 5) is 26.9. The molecule has 23 heteroatoms. The van der Waals surface area contributed by atoms with Gasteiger partial charge in [0.25, 0.3) is 0 Å². The number of hydrogen-bond acceptors (Lipinski definition) is 23. The van der Waals surface area contributed by atoms with Crippen LogP contribution in [-0.2, 0) is 52.2 Å². The monoisotopic (exact) mass is 1090 g/mol. The van der Waals surface area contributed by atoms with Crippen molar-refractivity contribution in [2.24, 2.45) is 46.3 Å². The minimum Gasteiger partial charge on any atom is -0.463 e. The Morgan fingerprint density at radius 2 is 1.25 bits per heavy atom. The van der Waals surface area contributed by atoms with Gasteiger partial charge in [-0.05, 0) is 93.8 Å². The van der Waals surface area contributed by atoms with Gasteiger partial charge in [0.05, 0.1) is 37.1 Å². The standard InChI is InChI=1S/C53H86O23/c1-20(2)9-12-30(56)21(3)35-31(72-50-44(66)41(63)38(60)33(74-50)19-68-24(6)55)16-29-27-11-10-25-15-26(13-14-52(25,7)28(27)17-34(57)53(29,35)8)71-51-47(76-49-43(65)40(62)37(59)23(5)70-49)45(67)46(32(18-54)73-51)75-48-42(64)39(61)36(58)22(4)69-48/h10,20-23,26-33,35-51,54,56,58-67H,9,11-19H2,1-8H3/t21-,22+,23+,26+,27-,28+,29+,30+,31+,32-,33+,35+,36+,37+,38+,39-,40-,41-,42-,43-,44+,45+,46-,47-,48+,49+,50+,51-,52+,53-/m1/s1. The van der Waals surface area contributed by atoms with Crippen LogP contribution in [0.2, 0.25) is 0 Å². The summed E-state index contributed by atoms with van der Waals surface area (Å²) in [5.41, 5.74) is -0.445. The van der Waals surface area contributed by atoms with Crippen LogP contribution in [0.15, 0.2) is 11.6 Å². The first kappa shape index (κ1) is 60.2. The number of fused-ring (bicyclic) bond motifs is 5. The molecule has 0 aromatic carbocycles. The number of aliphatic hydroxyl groups is 12. The lowest BCUT2D eigenvalue weighted by atomic mass is 9.46. The summed E-state index contributed by atoms with van der Waals surface area (Å²) in [5.74, 6) is -1.70. The molecule has 23 nitrogen and oxygen atoms in total. The zero-order valence-corrected chi connectivity index (χ0v) is 44.7. The Hall–Kier alpha value is -1.92. The normalized spacial score (nSPS) is 50.5. The van der Waals surface area contributed by atoms with Gasteiger partial charge < -0.3 is 104 Å². The van der Waals surface area contributed by atoms with Crippen LogP contribution in [0.4, 0.5) is 0 Å². The van der Waals surface area contributed by atoms with E-state index >= 15 is 4.79 Å². The molecule has 0 aromatic rings. The summed E-state index contributed by atoms with van der Waals surface area (Å²) < 4.78 is 54.3. The number of allylic oxidation sites excluding steroid dienone is 1. The largest absolute Gasteiger partial charge is 0.463 e. The zero-order chi connectivity index (χ0) is 55.6. The maximum Gasteiger partial charge on any atom is 0.302 e. The highest BCUT2D eigenvalue weighted by atomic mass is 16.8. The van der Waals surface area contributed by atoms with E-state index in [1.807, 2.05) is 13.8 Å². The molecule has 0 unspecified atom stereocenters. The minimum absolute atomic E-state index is 0.0219. The molecule has 30 atom stereocenters. The average Bonchev–Trinajstić information content (AvgIpc) is 3.70. The Balaban J connectivity index is 1.04. The summed E-state index contributed by atoms with van der Waals surface area (Å²) in [6.45, 7) is 13.1. The van der Waals surface area contributed by atoms with Crippen LogP contribution in [0.5, 0.6) is 0 Å². The second-order valence-electron chi connectivity index (χ2n) is 24.1. The van der Waals surface area contributed by atoms with E-state index in [0.717, 1.165) is 12.0 Å². The molecule has 0 aromatic heterocycles. The van der Waals surface area contributed by atoms with E-state index in [2.05, 4.69) is 26.8 Å². The lowest BCUT2D eigenvalue weighted by Gasteiger charge is -2.58. The summed E-state index contributed by atoms with van der Waals surface area (Å²) in [6, 6.07) is 0. The number of carbonyl (C=O) groups is 2. The molecule has 4 aliphatic carbocycles. The number of hydrogen-bond donors (Lipinski definition) is 12. The van der Waals surface area contributed by atoms with Crippen LogP contribution < -0.4 is 0 Å². The third-order valence-electron chi connectivity index (χ3n) is 19.0. The lowest BCUT2D eigenvalue weighted by molar-refractivity contribution is -0.388. The quantitative estimate of drug-likeness (QED) is 0.0614. The second-order valence-corrected chi connectivity index (χ2v) is 24.1. The van der Waals surface area contributed by atoms with Crippen molar-refractivity contribution < 1.29 is 113 Å². The van der Waals surface area contributed by atoms with Crippen LogP contribution in [0, 0.1) is 46.3 Å². The van der Waals surface area contributed by atoms with Crippen molar-refractivity contribution in [2.45, 2.75) is 248 Å². The molecule has 0 radical (unpaired) electrons. The van der Waals surface area contributed by atoms with Gasteiger partial charge in [0.15, 0.2) is 25.2 Å². The van der Waals surface area contributed by atoms with Gasteiger partial charge in [-0.2, -0.15) is 0 Å². The van der Waals surface area contributed by atoms with Crippen molar-refractivity contribution >= 4 is 11.8 Å².